The van der Waals surface area contributed by atoms with Crippen molar-refractivity contribution >= 4 is 38.6 Å². The number of rotatable bonds is 4. The van der Waals surface area contributed by atoms with Gasteiger partial charge in [0.15, 0.2) is 0 Å². The van der Waals surface area contributed by atoms with Gasteiger partial charge >= 0.3 is 0 Å². The standard InChI is InChI=1S/C16H19BrN2S/c1-12-8-14(19-6-2-3-7-19)4-5-16(12)18-10-15-9-13(17)11-20-15/h4-5,8-9,11,18H,2-3,6-7,10H2,1H3. The van der Waals surface area contributed by atoms with Crippen molar-refractivity contribution < 1.29 is 0 Å². The van der Waals surface area contributed by atoms with Gasteiger partial charge in [0, 0.05) is 45.7 Å². The number of thiophene rings is 1. The van der Waals surface area contributed by atoms with Crippen molar-refractivity contribution in [2.75, 3.05) is 23.3 Å². The fourth-order valence-corrected chi connectivity index (χ4v) is 4.04. The van der Waals surface area contributed by atoms with E-state index in [0.717, 1.165) is 6.54 Å². The van der Waals surface area contributed by atoms with E-state index >= 15 is 0 Å². The predicted octanol–water partition coefficient (Wildman–Crippen LogP) is 5.03. The molecule has 0 spiro atoms. The molecule has 2 aromatic rings. The van der Waals surface area contributed by atoms with E-state index in [-0.39, 0.29) is 0 Å². The number of hydrogen-bond donors (Lipinski definition) is 1. The lowest BCUT2D eigenvalue weighted by molar-refractivity contribution is 0.949. The van der Waals surface area contributed by atoms with Crippen LogP contribution in [0.5, 0.6) is 0 Å². The zero-order valence-electron chi connectivity index (χ0n) is 11.7. The van der Waals surface area contributed by atoms with Crippen molar-refractivity contribution in [1.29, 1.82) is 0 Å². The van der Waals surface area contributed by atoms with Gasteiger partial charge in [-0.2, -0.15) is 0 Å². The first-order valence-electron chi connectivity index (χ1n) is 7.05. The lowest BCUT2D eigenvalue weighted by atomic mass is 10.1. The van der Waals surface area contributed by atoms with Crippen LogP contribution in [0.3, 0.4) is 0 Å². The fourth-order valence-electron chi connectivity index (χ4n) is 2.65. The summed E-state index contributed by atoms with van der Waals surface area (Å²) >= 11 is 5.28. The average molecular weight is 351 g/mol. The Morgan fingerprint density at radius 1 is 1.25 bits per heavy atom. The molecular formula is C16H19BrN2S. The topological polar surface area (TPSA) is 15.3 Å². The number of halogens is 1. The van der Waals surface area contributed by atoms with E-state index in [1.165, 1.54) is 52.2 Å². The molecule has 0 bridgehead atoms. The van der Waals surface area contributed by atoms with Crippen LogP contribution in [0.4, 0.5) is 11.4 Å². The van der Waals surface area contributed by atoms with Gasteiger partial charge in [0.2, 0.25) is 0 Å². The highest BCUT2D eigenvalue weighted by atomic mass is 79.9. The number of nitrogens with zero attached hydrogens (tertiary/aromatic N) is 1. The Bertz CT molecular complexity index is 588. The van der Waals surface area contributed by atoms with Crippen LogP contribution in [-0.2, 0) is 6.54 Å². The van der Waals surface area contributed by atoms with Gasteiger partial charge in [0.05, 0.1) is 0 Å². The molecule has 2 heterocycles. The summed E-state index contributed by atoms with van der Waals surface area (Å²) in [7, 11) is 0. The number of benzene rings is 1. The van der Waals surface area contributed by atoms with Gasteiger partial charge in [-0.05, 0) is 65.5 Å². The summed E-state index contributed by atoms with van der Waals surface area (Å²) in [6, 6.07) is 8.93. The molecular weight excluding hydrogens is 332 g/mol. The Morgan fingerprint density at radius 2 is 2.05 bits per heavy atom. The molecule has 0 atom stereocenters. The largest absolute Gasteiger partial charge is 0.380 e. The van der Waals surface area contributed by atoms with Crippen molar-refractivity contribution in [3.63, 3.8) is 0 Å². The monoisotopic (exact) mass is 350 g/mol. The SMILES string of the molecule is Cc1cc(N2CCCC2)ccc1NCc1cc(Br)cs1. The van der Waals surface area contributed by atoms with Crippen LogP contribution < -0.4 is 10.2 Å². The van der Waals surface area contributed by atoms with Gasteiger partial charge in [-0.1, -0.05) is 0 Å². The second-order valence-corrected chi connectivity index (χ2v) is 7.19. The smallest absolute Gasteiger partial charge is 0.0494 e. The molecule has 1 aliphatic rings. The minimum atomic E-state index is 0.889. The van der Waals surface area contributed by atoms with Gasteiger partial charge in [0.25, 0.3) is 0 Å². The number of hydrogen-bond acceptors (Lipinski definition) is 3. The molecule has 1 fully saturated rings. The van der Waals surface area contributed by atoms with E-state index in [1.807, 2.05) is 0 Å². The molecule has 3 rings (SSSR count). The first-order valence-corrected chi connectivity index (χ1v) is 8.72. The predicted molar refractivity (Wildman–Crippen MR) is 92.0 cm³/mol. The Kier molecular flexibility index (Phi) is 4.32. The molecule has 0 aliphatic carbocycles. The average Bonchev–Trinajstić information content (AvgIpc) is 3.08. The zero-order chi connectivity index (χ0) is 13.9. The number of aryl methyl sites for hydroxylation is 1. The summed E-state index contributed by atoms with van der Waals surface area (Å²) in [5, 5.41) is 5.66. The maximum atomic E-state index is 3.53. The summed E-state index contributed by atoms with van der Waals surface area (Å²) in [6.45, 7) is 5.48. The van der Waals surface area contributed by atoms with Crippen molar-refractivity contribution in [3.05, 3.63) is 44.6 Å². The molecule has 0 saturated carbocycles. The minimum Gasteiger partial charge on any atom is -0.380 e. The van der Waals surface area contributed by atoms with Crippen LogP contribution in [0.25, 0.3) is 0 Å². The fraction of sp³-hybridized carbons (Fsp3) is 0.375. The first kappa shape index (κ1) is 14.0. The molecule has 0 unspecified atom stereocenters. The molecule has 4 heteroatoms. The van der Waals surface area contributed by atoms with Crippen LogP contribution in [0.2, 0.25) is 0 Å². The van der Waals surface area contributed by atoms with E-state index in [4.69, 9.17) is 0 Å². The summed E-state index contributed by atoms with van der Waals surface area (Å²) < 4.78 is 1.17. The summed E-state index contributed by atoms with van der Waals surface area (Å²) in [4.78, 5) is 3.83. The molecule has 1 aromatic heterocycles. The van der Waals surface area contributed by atoms with E-state index in [1.54, 1.807) is 11.3 Å². The second kappa shape index (κ2) is 6.19. The lowest BCUT2D eigenvalue weighted by Gasteiger charge is -2.19. The summed E-state index contributed by atoms with van der Waals surface area (Å²) in [5.41, 5.74) is 3.92. The molecule has 106 valence electrons. The molecule has 1 saturated heterocycles. The van der Waals surface area contributed by atoms with Gasteiger partial charge in [-0.25, -0.2) is 0 Å². The third-order valence-corrected chi connectivity index (χ3v) is 5.45. The minimum absolute atomic E-state index is 0.889. The van der Waals surface area contributed by atoms with Crippen molar-refractivity contribution in [1.82, 2.24) is 0 Å². The number of nitrogens with one attached hydrogen (secondary N) is 1. The summed E-state index contributed by atoms with van der Waals surface area (Å²) in [6.07, 6.45) is 2.65. The van der Waals surface area contributed by atoms with E-state index in [0.29, 0.717) is 0 Å². The van der Waals surface area contributed by atoms with Crippen LogP contribution in [-0.4, -0.2) is 13.1 Å². The van der Waals surface area contributed by atoms with Crippen LogP contribution in [0.15, 0.2) is 34.1 Å². The molecule has 20 heavy (non-hydrogen) atoms. The molecule has 0 radical (unpaired) electrons. The van der Waals surface area contributed by atoms with Crippen molar-refractivity contribution in [3.8, 4) is 0 Å². The van der Waals surface area contributed by atoms with E-state index in [2.05, 4.69) is 62.7 Å². The highest BCUT2D eigenvalue weighted by Gasteiger charge is 2.12. The third kappa shape index (κ3) is 3.18. The van der Waals surface area contributed by atoms with Crippen LogP contribution in [0.1, 0.15) is 23.3 Å². The number of anilines is 2. The zero-order valence-corrected chi connectivity index (χ0v) is 14.1. The van der Waals surface area contributed by atoms with Crippen molar-refractivity contribution in [2.24, 2.45) is 0 Å². The van der Waals surface area contributed by atoms with Gasteiger partial charge in [0.1, 0.15) is 0 Å². The molecule has 1 aromatic carbocycles. The Morgan fingerprint density at radius 3 is 2.70 bits per heavy atom. The van der Waals surface area contributed by atoms with Gasteiger partial charge in [-0.15, -0.1) is 11.3 Å². The first-order chi connectivity index (χ1) is 9.72. The molecule has 0 amide bonds. The second-order valence-electron chi connectivity index (χ2n) is 5.28. The quantitative estimate of drug-likeness (QED) is 0.831. The third-order valence-electron chi connectivity index (χ3n) is 3.76. The van der Waals surface area contributed by atoms with Crippen LogP contribution >= 0.6 is 27.3 Å². The lowest BCUT2D eigenvalue weighted by Crippen LogP contribution is -2.17. The Balaban J connectivity index is 1.67. The highest BCUT2D eigenvalue weighted by molar-refractivity contribution is 9.10. The van der Waals surface area contributed by atoms with Crippen LogP contribution in [0, 0.1) is 6.92 Å². The van der Waals surface area contributed by atoms with Crippen molar-refractivity contribution in [2.45, 2.75) is 26.3 Å². The highest BCUT2D eigenvalue weighted by Crippen LogP contribution is 2.26. The molecule has 1 aliphatic heterocycles. The maximum absolute atomic E-state index is 3.53. The van der Waals surface area contributed by atoms with E-state index < -0.39 is 0 Å². The Labute approximate surface area is 132 Å². The normalized spacial score (nSPS) is 14.8. The Hall–Kier alpha value is -1.000. The molecule has 2 nitrogen and oxygen atoms in total. The summed E-state index contributed by atoms with van der Waals surface area (Å²) in [5.74, 6) is 0. The van der Waals surface area contributed by atoms with E-state index in [9.17, 15) is 0 Å². The molecule has 1 N–H and O–H groups in total. The maximum Gasteiger partial charge on any atom is 0.0494 e. The van der Waals surface area contributed by atoms with Gasteiger partial charge < -0.3 is 10.2 Å². The van der Waals surface area contributed by atoms with Gasteiger partial charge in [-0.3, -0.25) is 0 Å².